The highest BCUT2D eigenvalue weighted by Crippen LogP contribution is 2.19. The summed E-state index contributed by atoms with van der Waals surface area (Å²) in [5.41, 5.74) is 4.75. The third-order valence-electron chi connectivity index (χ3n) is 3.13. The molecule has 1 aromatic rings. The van der Waals surface area contributed by atoms with Crippen LogP contribution in [0.3, 0.4) is 0 Å². The smallest absolute Gasteiger partial charge is 0.119 e. The highest BCUT2D eigenvalue weighted by atomic mass is 16.5. The fourth-order valence-electron chi connectivity index (χ4n) is 2.00. The first-order valence-corrected chi connectivity index (χ1v) is 6.96. The third kappa shape index (κ3) is 4.58. The average molecular weight is 268 g/mol. The molecule has 0 unspecified atom stereocenters. The number of rotatable bonds is 7. The number of hydrogen-bond acceptors (Lipinski definition) is 1. The van der Waals surface area contributed by atoms with E-state index in [4.69, 9.17) is 4.74 Å². The van der Waals surface area contributed by atoms with Crippen LogP contribution in [0.5, 0.6) is 5.75 Å². The van der Waals surface area contributed by atoms with E-state index in [2.05, 4.69) is 46.1 Å². The molecule has 1 nitrogen and oxygen atoms in total. The second-order valence-electron chi connectivity index (χ2n) is 4.83. The summed E-state index contributed by atoms with van der Waals surface area (Å²) < 4.78 is 5.86. The van der Waals surface area contributed by atoms with Crippen LogP contribution in [0.4, 0.5) is 0 Å². The van der Waals surface area contributed by atoms with Crippen LogP contribution in [-0.2, 0) is 6.42 Å². The van der Waals surface area contributed by atoms with E-state index in [-0.39, 0.29) is 0 Å². The fourth-order valence-corrected chi connectivity index (χ4v) is 2.00. The number of hydrogen-bond donors (Lipinski definition) is 0. The minimum absolute atomic E-state index is 0.518. The van der Waals surface area contributed by atoms with Gasteiger partial charge in [0.2, 0.25) is 0 Å². The summed E-state index contributed by atoms with van der Waals surface area (Å²) in [7, 11) is 0. The van der Waals surface area contributed by atoms with Gasteiger partial charge in [-0.1, -0.05) is 56.0 Å². The summed E-state index contributed by atoms with van der Waals surface area (Å²) in [6.45, 7) is 14.4. The number of benzene rings is 1. The molecule has 1 rings (SSSR count). The molecule has 0 spiro atoms. The van der Waals surface area contributed by atoms with Crippen molar-refractivity contribution >= 4 is 0 Å². The van der Waals surface area contributed by atoms with Crippen molar-refractivity contribution in [2.24, 2.45) is 0 Å². The van der Waals surface area contributed by atoms with E-state index in [0.717, 1.165) is 23.3 Å². The van der Waals surface area contributed by atoms with Gasteiger partial charge in [0.25, 0.3) is 0 Å². The molecule has 0 fully saturated rings. The summed E-state index contributed by atoms with van der Waals surface area (Å²) in [5.74, 6) is 0.884. The van der Waals surface area contributed by atoms with Gasteiger partial charge >= 0.3 is 0 Å². The van der Waals surface area contributed by atoms with Gasteiger partial charge in [0.1, 0.15) is 12.4 Å². The Balaban J connectivity index is 2.82. The summed E-state index contributed by atoms with van der Waals surface area (Å²) >= 11 is 0. The highest BCUT2D eigenvalue weighted by Gasteiger charge is 2.04. The van der Waals surface area contributed by atoms with Crippen LogP contribution in [0.25, 0.3) is 0 Å². The number of aryl methyl sites for hydroxylation is 1. The zero-order valence-corrected chi connectivity index (χ0v) is 12.8. The fraction of sp³-hybridized carbons (Fsp3) is 0.263. The van der Waals surface area contributed by atoms with E-state index in [9.17, 15) is 0 Å². The molecule has 0 atom stereocenters. The molecule has 0 radical (unpaired) electrons. The molecule has 1 aromatic carbocycles. The van der Waals surface area contributed by atoms with Crippen molar-refractivity contribution in [3.8, 4) is 5.75 Å². The van der Waals surface area contributed by atoms with Crippen molar-refractivity contribution in [1.82, 2.24) is 0 Å². The first-order valence-electron chi connectivity index (χ1n) is 6.96. The van der Waals surface area contributed by atoms with Gasteiger partial charge in [0.15, 0.2) is 0 Å². The van der Waals surface area contributed by atoms with Crippen molar-refractivity contribution in [1.29, 1.82) is 0 Å². The maximum absolute atomic E-state index is 5.86. The van der Waals surface area contributed by atoms with Crippen molar-refractivity contribution in [2.75, 3.05) is 6.61 Å². The lowest BCUT2D eigenvalue weighted by molar-refractivity contribution is 0.354. The standard InChI is InChI=1S/C19H24O/c1-6-9-17(19(8-3)15(4)5)14-20-18-12-10-16(7-2)11-13-18/h6,8-13H,1,3,7,14H2,2,4-5H3/b17-9-. The molecule has 0 saturated heterocycles. The van der Waals surface area contributed by atoms with Gasteiger partial charge < -0.3 is 4.74 Å². The van der Waals surface area contributed by atoms with Crippen molar-refractivity contribution < 1.29 is 4.74 Å². The Labute approximate surface area is 123 Å². The second kappa shape index (κ2) is 8.21. The monoisotopic (exact) mass is 268 g/mol. The first-order chi connectivity index (χ1) is 9.62. The molecule has 1 heteroatoms. The second-order valence-corrected chi connectivity index (χ2v) is 4.83. The van der Waals surface area contributed by atoms with E-state index < -0.39 is 0 Å². The molecular formula is C19H24O. The van der Waals surface area contributed by atoms with E-state index in [1.54, 1.807) is 6.08 Å². The Bertz CT molecular complexity index is 511. The molecule has 0 saturated carbocycles. The molecule has 0 aromatic heterocycles. The van der Waals surface area contributed by atoms with E-state index in [1.807, 2.05) is 24.3 Å². The normalized spacial score (nSPS) is 10.8. The maximum atomic E-state index is 5.86. The topological polar surface area (TPSA) is 9.23 Å². The van der Waals surface area contributed by atoms with Crippen LogP contribution in [0.1, 0.15) is 26.3 Å². The molecule has 106 valence electrons. The van der Waals surface area contributed by atoms with Gasteiger partial charge in [0, 0.05) is 0 Å². The van der Waals surface area contributed by atoms with Crippen LogP contribution >= 0.6 is 0 Å². The summed E-state index contributed by atoms with van der Waals surface area (Å²) in [6.07, 6.45) is 6.67. The minimum Gasteiger partial charge on any atom is -0.489 e. The van der Waals surface area contributed by atoms with Crippen LogP contribution < -0.4 is 4.74 Å². The van der Waals surface area contributed by atoms with Gasteiger partial charge in [-0.05, 0) is 49.1 Å². The lowest BCUT2D eigenvalue weighted by Gasteiger charge is -2.12. The van der Waals surface area contributed by atoms with Crippen molar-refractivity contribution in [2.45, 2.75) is 27.2 Å². The zero-order valence-electron chi connectivity index (χ0n) is 12.8. The van der Waals surface area contributed by atoms with Gasteiger partial charge in [0.05, 0.1) is 0 Å². The Hall–Kier alpha value is -2.02. The maximum Gasteiger partial charge on any atom is 0.119 e. The highest BCUT2D eigenvalue weighted by molar-refractivity contribution is 5.44. The molecule has 0 aliphatic rings. The minimum atomic E-state index is 0.518. The largest absolute Gasteiger partial charge is 0.489 e. The Morgan fingerprint density at radius 1 is 1.15 bits per heavy atom. The summed E-state index contributed by atoms with van der Waals surface area (Å²) in [5, 5.41) is 0. The Morgan fingerprint density at radius 3 is 2.25 bits per heavy atom. The van der Waals surface area contributed by atoms with Crippen LogP contribution in [-0.4, -0.2) is 6.61 Å². The SMILES string of the molecule is C=C/C=C(/COc1ccc(CC)cc1)C(C=C)=C(C)C. The lowest BCUT2D eigenvalue weighted by atomic mass is 10.0. The molecule has 20 heavy (non-hydrogen) atoms. The quantitative estimate of drug-likeness (QED) is 0.613. The number of allylic oxidation sites excluding steroid dienone is 4. The van der Waals surface area contributed by atoms with E-state index in [1.165, 1.54) is 11.1 Å². The van der Waals surface area contributed by atoms with E-state index in [0.29, 0.717) is 6.61 Å². The zero-order chi connectivity index (χ0) is 15.0. The third-order valence-corrected chi connectivity index (χ3v) is 3.13. The van der Waals surface area contributed by atoms with Gasteiger partial charge in [-0.3, -0.25) is 0 Å². The molecule has 0 aliphatic carbocycles. The molecular weight excluding hydrogens is 244 g/mol. The average Bonchev–Trinajstić information content (AvgIpc) is 2.45. The molecule has 0 bridgehead atoms. The van der Waals surface area contributed by atoms with Crippen LogP contribution in [0.2, 0.25) is 0 Å². The van der Waals surface area contributed by atoms with Gasteiger partial charge in [-0.25, -0.2) is 0 Å². The Kier molecular flexibility index (Phi) is 6.58. The lowest BCUT2D eigenvalue weighted by Crippen LogP contribution is -2.04. The van der Waals surface area contributed by atoms with E-state index >= 15 is 0 Å². The molecule has 0 aliphatic heterocycles. The van der Waals surface area contributed by atoms with Gasteiger partial charge in [-0.15, -0.1) is 0 Å². The van der Waals surface area contributed by atoms with Crippen molar-refractivity contribution in [3.63, 3.8) is 0 Å². The molecule has 0 amide bonds. The van der Waals surface area contributed by atoms with Gasteiger partial charge in [-0.2, -0.15) is 0 Å². The predicted octanol–water partition coefficient (Wildman–Crippen LogP) is 5.26. The summed E-state index contributed by atoms with van der Waals surface area (Å²) in [4.78, 5) is 0. The first kappa shape index (κ1) is 16.0. The summed E-state index contributed by atoms with van der Waals surface area (Å²) in [6, 6.07) is 8.23. The molecule has 0 N–H and O–H groups in total. The van der Waals surface area contributed by atoms with Crippen LogP contribution in [0, 0.1) is 0 Å². The molecule has 0 heterocycles. The number of ether oxygens (including phenoxy) is 1. The van der Waals surface area contributed by atoms with Crippen molar-refractivity contribution in [3.05, 3.63) is 77.9 Å². The predicted molar refractivity (Wildman–Crippen MR) is 88.2 cm³/mol. The van der Waals surface area contributed by atoms with Crippen LogP contribution in [0.15, 0.2) is 72.4 Å². The Morgan fingerprint density at radius 2 is 1.80 bits per heavy atom.